The number of carbonyl (C=O) groups is 1. The van der Waals surface area contributed by atoms with Crippen molar-refractivity contribution in [2.75, 3.05) is 7.11 Å². The second-order valence-corrected chi connectivity index (χ2v) is 5.17. The highest BCUT2D eigenvalue weighted by atomic mass is 16.5. The lowest BCUT2D eigenvalue weighted by atomic mass is 9.99. The second-order valence-electron chi connectivity index (χ2n) is 5.17. The van der Waals surface area contributed by atoms with Gasteiger partial charge in [-0.2, -0.15) is 0 Å². The molecule has 0 spiro atoms. The molecule has 0 aliphatic carbocycles. The molecule has 0 aromatic heterocycles. The van der Waals surface area contributed by atoms with E-state index < -0.39 is 0 Å². The molecule has 0 aliphatic heterocycles. The van der Waals surface area contributed by atoms with Crippen LogP contribution in [0.15, 0.2) is 36.4 Å². The van der Waals surface area contributed by atoms with E-state index in [9.17, 15) is 4.79 Å². The third-order valence-corrected chi connectivity index (χ3v) is 3.37. The van der Waals surface area contributed by atoms with Gasteiger partial charge >= 0.3 is 0 Å². The van der Waals surface area contributed by atoms with Gasteiger partial charge in [-0.25, -0.2) is 0 Å². The molecule has 110 valence electrons. The van der Waals surface area contributed by atoms with Gasteiger partial charge in [0.15, 0.2) is 0 Å². The van der Waals surface area contributed by atoms with Crippen molar-refractivity contribution < 1.29 is 9.53 Å². The van der Waals surface area contributed by atoms with Gasteiger partial charge in [0.25, 0.3) is 0 Å². The normalized spacial score (nSPS) is 12.7. The van der Waals surface area contributed by atoms with Gasteiger partial charge in [0.2, 0.25) is 0 Å². The van der Waals surface area contributed by atoms with E-state index in [2.05, 4.69) is 43.3 Å². The zero-order valence-electron chi connectivity index (χ0n) is 12.7. The molecule has 1 aromatic carbocycles. The van der Waals surface area contributed by atoms with E-state index in [1.807, 2.05) is 0 Å². The molecule has 1 atom stereocenters. The lowest BCUT2D eigenvalue weighted by Crippen LogP contribution is -1.96. The molecule has 2 nitrogen and oxygen atoms in total. The van der Waals surface area contributed by atoms with Crippen molar-refractivity contribution in [3.63, 3.8) is 0 Å². The number of hydrogen-bond acceptors (Lipinski definition) is 2. The molecule has 1 rings (SSSR count). The average Bonchev–Trinajstić information content (AvgIpc) is 2.45. The summed E-state index contributed by atoms with van der Waals surface area (Å²) in [6.45, 7) is 2.83. The van der Waals surface area contributed by atoms with Crippen LogP contribution in [-0.4, -0.2) is 13.4 Å². The summed E-state index contributed by atoms with van der Waals surface area (Å²) in [6, 6.07) is 8.53. The molecule has 0 fully saturated rings. The summed E-state index contributed by atoms with van der Waals surface area (Å²) < 4.78 is 5.15. The maximum Gasteiger partial charge on any atom is 0.120 e. The fraction of sp³-hybridized carbons (Fsp3) is 0.500. The van der Waals surface area contributed by atoms with Crippen LogP contribution in [-0.2, 0) is 22.6 Å². The van der Waals surface area contributed by atoms with Crippen LogP contribution < -0.4 is 0 Å². The number of carbonyl (C=O) groups excluding carboxylic acids is 1. The smallest absolute Gasteiger partial charge is 0.120 e. The van der Waals surface area contributed by atoms with Crippen LogP contribution in [0.1, 0.15) is 43.7 Å². The first-order valence-electron chi connectivity index (χ1n) is 7.47. The van der Waals surface area contributed by atoms with Gasteiger partial charge in [0.1, 0.15) is 6.29 Å². The Balaban J connectivity index is 2.42. The highest BCUT2D eigenvalue weighted by Gasteiger charge is 2.01. The average molecular weight is 274 g/mol. The van der Waals surface area contributed by atoms with E-state index in [-0.39, 0.29) is 0 Å². The maximum atomic E-state index is 10.6. The van der Waals surface area contributed by atoms with Crippen molar-refractivity contribution in [3.05, 3.63) is 47.5 Å². The molecule has 2 heteroatoms. The van der Waals surface area contributed by atoms with Gasteiger partial charge in [0, 0.05) is 13.5 Å². The molecule has 0 aliphatic rings. The summed E-state index contributed by atoms with van der Waals surface area (Å²) in [5, 5.41) is 0. The number of aryl methyl sites for hydroxylation is 1. The summed E-state index contributed by atoms with van der Waals surface area (Å²) in [5.41, 5.74) is 2.56. The van der Waals surface area contributed by atoms with Crippen LogP contribution in [0.3, 0.4) is 0 Å². The highest BCUT2D eigenvalue weighted by molar-refractivity contribution is 5.50. The minimum Gasteiger partial charge on any atom is -0.380 e. The molecule has 0 saturated heterocycles. The van der Waals surface area contributed by atoms with Gasteiger partial charge in [-0.15, -0.1) is 0 Å². The van der Waals surface area contributed by atoms with Crippen LogP contribution in [0.4, 0.5) is 0 Å². The lowest BCUT2D eigenvalue weighted by molar-refractivity contribution is -0.108. The highest BCUT2D eigenvalue weighted by Crippen LogP contribution is 2.13. The number of aldehydes is 1. The van der Waals surface area contributed by atoms with Crippen LogP contribution in [0, 0.1) is 5.92 Å². The first-order chi connectivity index (χ1) is 9.80. The Morgan fingerprint density at radius 3 is 2.80 bits per heavy atom. The summed E-state index contributed by atoms with van der Waals surface area (Å²) in [5.74, 6) is 0.414. The Kier molecular flexibility index (Phi) is 8.64. The summed E-state index contributed by atoms with van der Waals surface area (Å²) in [7, 11) is 1.72. The number of hydrogen-bond donors (Lipinski definition) is 0. The minimum absolute atomic E-state index is 0.414. The standard InChI is InChI=1S/C18H26O2/c1-3-7-16(12-13-19)8-4-5-9-17-10-6-11-18(14-17)15-20-2/h4,6,8,10-11,13-14,16H,3,5,7,9,12,15H2,1-2H3/b8-4+. The zero-order chi connectivity index (χ0) is 14.6. The third-order valence-electron chi connectivity index (χ3n) is 3.37. The van der Waals surface area contributed by atoms with Gasteiger partial charge in [-0.3, -0.25) is 0 Å². The van der Waals surface area contributed by atoms with Crippen molar-refractivity contribution in [2.24, 2.45) is 5.92 Å². The predicted octanol–water partition coefficient (Wildman–Crippen LogP) is 4.33. The van der Waals surface area contributed by atoms with E-state index in [4.69, 9.17) is 4.74 Å². The SMILES string of the molecule is CCCC(/C=C/CCc1cccc(COC)c1)CC=O. The largest absolute Gasteiger partial charge is 0.380 e. The number of benzene rings is 1. The van der Waals surface area contributed by atoms with E-state index in [0.717, 1.165) is 32.0 Å². The van der Waals surface area contributed by atoms with Gasteiger partial charge in [-0.05, 0) is 36.3 Å². The van der Waals surface area contributed by atoms with Crippen molar-refractivity contribution in [3.8, 4) is 0 Å². The Bertz CT molecular complexity index is 410. The fourth-order valence-corrected chi connectivity index (χ4v) is 2.37. The first kappa shape index (κ1) is 16.6. The number of methoxy groups -OCH3 is 1. The van der Waals surface area contributed by atoms with E-state index in [1.54, 1.807) is 7.11 Å². The third kappa shape index (κ3) is 6.67. The van der Waals surface area contributed by atoms with Crippen molar-refractivity contribution >= 4 is 6.29 Å². The first-order valence-corrected chi connectivity index (χ1v) is 7.47. The van der Waals surface area contributed by atoms with Crippen molar-refractivity contribution in [1.29, 1.82) is 0 Å². The van der Waals surface area contributed by atoms with E-state index in [0.29, 0.717) is 18.9 Å². The molecule has 0 radical (unpaired) electrons. The Hall–Kier alpha value is -1.41. The molecule has 1 aromatic rings. The lowest BCUT2D eigenvalue weighted by Gasteiger charge is -2.07. The second kappa shape index (κ2) is 10.4. The molecule has 20 heavy (non-hydrogen) atoms. The Morgan fingerprint density at radius 1 is 1.30 bits per heavy atom. The topological polar surface area (TPSA) is 26.3 Å². The van der Waals surface area contributed by atoms with Crippen molar-refractivity contribution in [2.45, 2.75) is 45.6 Å². The number of rotatable bonds is 10. The molecule has 0 amide bonds. The monoisotopic (exact) mass is 274 g/mol. The van der Waals surface area contributed by atoms with Crippen LogP contribution >= 0.6 is 0 Å². The minimum atomic E-state index is 0.414. The van der Waals surface area contributed by atoms with Gasteiger partial charge < -0.3 is 9.53 Å². The molecule has 0 N–H and O–H groups in total. The molecule has 1 unspecified atom stereocenters. The number of allylic oxidation sites excluding steroid dienone is 2. The molecule has 0 bridgehead atoms. The van der Waals surface area contributed by atoms with Crippen LogP contribution in [0.5, 0.6) is 0 Å². The fourth-order valence-electron chi connectivity index (χ4n) is 2.37. The summed E-state index contributed by atoms with van der Waals surface area (Å²) in [6.07, 6.45) is 10.4. The van der Waals surface area contributed by atoms with Crippen LogP contribution in [0.2, 0.25) is 0 Å². The molecular weight excluding hydrogens is 248 g/mol. The zero-order valence-corrected chi connectivity index (χ0v) is 12.7. The quantitative estimate of drug-likeness (QED) is 0.469. The number of ether oxygens (including phenoxy) is 1. The van der Waals surface area contributed by atoms with E-state index >= 15 is 0 Å². The van der Waals surface area contributed by atoms with Crippen molar-refractivity contribution in [1.82, 2.24) is 0 Å². The van der Waals surface area contributed by atoms with Crippen LogP contribution in [0.25, 0.3) is 0 Å². The molecule has 0 saturated carbocycles. The maximum absolute atomic E-state index is 10.6. The predicted molar refractivity (Wildman–Crippen MR) is 83.7 cm³/mol. The molecule has 0 heterocycles. The Morgan fingerprint density at radius 2 is 2.10 bits per heavy atom. The molecular formula is C18H26O2. The van der Waals surface area contributed by atoms with Gasteiger partial charge in [-0.1, -0.05) is 49.8 Å². The Labute approximate surface area is 122 Å². The summed E-state index contributed by atoms with van der Waals surface area (Å²) in [4.78, 5) is 10.6. The summed E-state index contributed by atoms with van der Waals surface area (Å²) >= 11 is 0. The van der Waals surface area contributed by atoms with Gasteiger partial charge in [0.05, 0.1) is 6.61 Å². The van der Waals surface area contributed by atoms with E-state index in [1.165, 1.54) is 11.1 Å².